The maximum atomic E-state index is 11.4. The van der Waals surface area contributed by atoms with E-state index < -0.39 is 18.1 Å². The minimum absolute atomic E-state index is 0.444. The van der Waals surface area contributed by atoms with Gasteiger partial charge in [-0.05, 0) is 41.2 Å². The molecular weight excluding hydrogens is 248 g/mol. The number of rotatable bonds is 8. The van der Waals surface area contributed by atoms with Gasteiger partial charge in [-0.15, -0.1) is 0 Å². The van der Waals surface area contributed by atoms with Gasteiger partial charge in [-0.3, -0.25) is 10.5 Å². The van der Waals surface area contributed by atoms with Gasteiger partial charge < -0.3 is 19.9 Å². The van der Waals surface area contributed by atoms with E-state index in [0.717, 1.165) is 13.0 Å². The molecule has 0 radical (unpaired) electrons. The van der Waals surface area contributed by atoms with Gasteiger partial charge in [0.2, 0.25) is 0 Å². The van der Waals surface area contributed by atoms with E-state index in [9.17, 15) is 9.59 Å². The first-order valence-corrected chi connectivity index (χ1v) is 6.36. The predicted octanol–water partition coefficient (Wildman–Crippen LogP) is -1.17. The van der Waals surface area contributed by atoms with Gasteiger partial charge >= 0.3 is 11.9 Å². The van der Waals surface area contributed by atoms with Gasteiger partial charge in [-0.2, -0.15) is 0 Å². The summed E-state index contributed by atoms with van der Waals surface area (Å²) in [6.45, 7) is 1.98. The largest absolute Gasteiger partial charge is 0.440 e. The number of nitrogens with two attached hydrogens (primary N) is 1. The lowest BCUT2D eigenvalue weighted by Gasteiger charge is -2.15. The highest BCUT2D eigenvalue weighted by atomic mass is 16.6. The van der Waals surface area contributed by atoms with E-state index in [1.807, 2.05) is 38.0 Å². The normalized spacial score (nSPS) is 12.6. The molecule has 0 heterocycles. The second kappa shape index (κ2) is 9.71. The van der Waals surface area contributed by atoms with Gasteiger partial charge in [-0.1, -0.05) is 0 Å². The van der Waals surface area contributed by atoms with Crippen molar-refractivity contribution in [3.05, 3.63) is 0 Å². The molecule has 0 fully saturated rings. The number of amides is 1. The molecule has 0 aliphatic carbocycles. The third kappa shape index (κ3) is 10.4. The average molecular weight is 274 g/mol. The SMILES string of the molecule is CN(C)CCCNC(=O)C(=O)OC(N)CCN(C)C. The highest BCUT2D eigenvalue weighted by Gasteiger charge is 2.18. The van der Waals surface area contributed by atoms with E-state index in [0.29, 0.717) is 19.5 Å². The van der Waals surface area contributed by atoms with Gasteiger partial charge in [-0.25, -0.2) is 4.79 Å². The van der Waals surface area contributed by atoms with Crippen LogP contribution in [0.5, 0.6) is 0 Å². The molecular formula is C12H26N4O3. The molecule has 0 aliphatic rings. The van der Waals surface area contributed by atoms with Crippen LogP contribution in [-0.2, 0) is 14.3 Å². The lowest BCUT2D eigenvalue weighted by Crippen LogP contribution is -2.39. The van der Waals surface area contributed by atoms with E-state index in [4.69, 9.17) is 10.5 Å². The Hall–Kier alpha value is -1.18. The van der Waals surface area contributed by atoms with Crippen LogP contribution < -0.4 is 11.1 Å². The van der Waals surface area contributed by atoms with Crippen molar-refractivity contribution in [1.82, 2.24) is 15.1 Å². The molecule has 7 heteroatoms. The zero-order valence-corrected chi connectivity index (χ0v) is 12.3. The zero-order chi connectivity index (χ0) is 14.8. The molecule has 0 aromatic rings. The van der Waals surface area contributed by atoms with E-state index in [2.05, 4.69) is 5.32 Å². The van der Waals surface area contributed by atoms with Crippen LogP contribution in [0.25, 0.3) is 0 Å². The quantitative estimate of drug-likeness (QED) is 0.251. The Balaban J connectivity index is 3.77. The molecule has 1 unspecified atom stereocenters. The fourth-order valence-corrected chi connectivity index (χ4v) is 1.30. The third-order valence-electron chi connectivity index (χ3n) is 2.37. The lowest BCUT2D eigenvalue weighted by molar-refractivity contribution is -0.159. The summed E-state index contributed by atoms with van der Waals surface area (Å²) in [4.78, 5) is 26.7. The van der Waals surface area contributed by atoms with Crippen molar-refractivity contribution in [3.8, 4) is 0 Å². The summed E-state index contributed by atoms with van der Waals surface area (Å²) in [6, 6.07) is 0. The van der Waals surface area contributed by atoms with Crippen LogP contribution in [0.4, 0.5) is 0 Å². The van der Waals surface area contributed by atoms with Crippen molar-refractivity contribution in [3.63, 3.8) is 0 Å². The van der Waals surface area contributed by atoms with Gasteiger partial charge in [0.15, 0.2) is 6.23 Å². The molecule has 0 aromatic heterocycles. The number of nitrogens with zero attached hydrogens (tertiary/aromatic N) is 2. The fourth-order valence-electron chi connectivity index (χ4n) is 1.30. The van der Waals surface area contributed by atoms with Crippen LogP contribution in [0.15, 0.2) is 0 Å². The number of nitrogens with one attached hydrogen (secondary N) is 1. The Morgan fingerprint density at radius 2 is 1.74 bits per heavy atom. The van der Waals surface area contributed by atoms with E-state index in [-0.39, 0.29) is 0 Å². The highest BCUT2D eigenvalue weighted by molar-refractivity contribution is 6.32. The fraction of sp³-hybridized carbons (Fsp3) is 0.833. The van der Waals surface area contributed by atoms with E-state index >= 15 is 0 Å². The van der Waals surface area contributed by atoms with Gasteiger partial charge in [0.05, 0.1) is 0 Å². The molecule has 0 aliphatic heterocycles. The Labute approximate surface area is 115 Å². The van der Waals surface area contributed by atoms with Crippen molar-refractivity contribution >= 4 is 11.9 Å². The van der Waals surface area contributed by atoms with Crippen molar-refractivity contribution in [1.29, 1.82) is 0 Å². The van der Waals surface area contributed by atoms with Crippen molar-refractivity contribution in [2.75, 3.05) is 47.8 Å². The van der Waals surface area contributed by atoms with Gasteiger partial charge in [0.1, 0.15) is 0 Å². The number of ether oxygens (including phenoxy) is 1. The Bertz CT molecular complexity index is 282. The highest BCUT2D eigenvalue weighted by Crippen LogP contribution is 1.94. The van der Waals surface area contributed by atoms with E-state index in [1.54, 1.807) is 0 Å². The predicted molar refractivity (Wildman–Crippen MR) is 73.4 cm³/mol. The van der Waals surface area contributed by atoms with Gasteiger partial charge in [0, 0.05) is 19.5 Å². The molecule has 7 nitrogen and oxygen atoms in total. The smallest absolute Gasteiger partial charge is 0.398 e. The Kier molecular flexibility index (Phi) is 9.11. The van der Waals surface area contributed by atoms with Crippen LogP contribution in [0.2, 0.25) is 0 Å². The summed E-state index contributed by atoms with van der Waals surface area (Å²) in [5.41, 5.74) is 5.60. The minimum atomic E-state index is -0.920. The summed E-state index contributed by atoms with van der Waals surface area (Å²) in [6.07, 6.45) is 0.521. The Morgan fingerprint density at radius 1 is 1.16 bits per heavy atom. The van der Waals surface area contributed by atoms with Crippen LogP contribution >= 0.6 is 0 Å². The average Bonchev–Trinajstić information content (AvgIpc) is 2.31. The molecule has 0 spiro atoms. The first-order valence-electron chi connectivity index (χ1n) is 6.36. The number of carbonyl (C=O) groups excluding carboxylic acids is 2. The summed E-state index contributed by atoms with van der Waals surface area (Å²) in [5.74, 6) is -1.66. The van der Waals surface area contributed by atoms with Crippen molar-refractivity contribution < 1.29 is 14.3 Å². The second-order valence-electron chi connectivity index (χ2n) is 4.95. The van der Waals surface area contributed by atoms with Gasteiger partial charge in [0.25, 0.3) is 0 Å². The molecule has 0 saturated carbocycles. The molecule has 1 amide bonds. The summed E-state index contributed by atoms with van der Waals surface area (Å²) in [5, 5.41) is 2.50. The Morgan fingerprint density at radius 3 is 2.26 bits per heavy atom. The molecule has 3 N–H and O–H groups in total. The molecule has 0 bridgehead atoms. The third-order valence-corrected chi connectivity index (χ3v) is 2.37. The summed E-state index contributed by atoms with van der Waals surface area (Å²) in [7, 11) is 7.68. The topological polar surface area (TPSA) is 87.9 Å². The number of hydrogen-bond donors (Lipinski definition) is 2. The second-order valence-corrected chi connectivity index (χ2v) is 4.95. The van der Waals surface area contributed by atoms with Crippen molar-refractivity contribution in [2.45, 2.75) is 19.1 Å². The maximum absolute atomic E-state index is 11.4. The minimum Gasteiger partial charge on any atom is -0.440 e. The molecule has 0 aromatic carbocycles. The standard InChI is InChI=1S/C12H26N4O3/c1-15(2)8-5-7-14-11(17)12(18)19-10(13)6-9-16(3)4/h10H,5-9,13H2,1-4H3,(H,14,17). The maximum Gasteiger partial charge on any atom is 0.398 e. The van der Waals surface area contributed by atoms with E-state index in [1.165, 1.54) is 0 Å². The van der Waals surface area contributed by atoms with Crippen molar-refractivity contribution in [2.24, 2.45) is 5.73 Å². The zero-order valence-electron chi connectivity index (χ0n) is 12.3. The molecule has 112 valence electrons. The lowest BCUT2D eigenvalue weighted by atomic mass is 10.3. The monoisotopic (exact) mass is 274 g/mol. The molecule has 19 heavy (non-hydrogen) atoms. The van der Waals surface area contributed by atoms with Crippen LogP contribution in [0.1, 0.15) is 12.8 Å². The summed E-state index contributed by atoms with van der Waals surface area (Å²) < 4.78 is 4.83. The summed E-state index contributed by atoms with van der Waals surface area (Å²) >= 11 is 0. The number of esters is 1. The first kappa shape index (κ1) is 17.8. The van der Waals surface area contributed by atoms with Crippen LogP contribution in [-0.4, -0.2) is 75.7 Å². The van der Waals surface area contributed by atoms with Crippen LogP contribution in [0.3, 0.4) is 0 Å². The number of carbonyl (C=O) groups is 2. The molecule has 0 rings (SSSR count). The molecule has 0 saturated heterocycles. The first-order chi connectivity index (χ1) is 8.82. The number of hydrogen-bond acceptors (Lipinski definition) is 6. The van der Waals surface area contributed by atoms with Crippen LogP contribution in [0, 0.1) is 0 Å². The molecule has 1 atom stereocenters.